The summed E-state index contributed by atoms with van der Waals surface area (Å²) in [5, 5.41) is 11.9. The lowest BCUT2D eigenvalue weighted by atomic mass is 10.1. The summed E-state index contributed by atoms with van der Waals surface area (Å²) in [5.41, 5.74) is 2.07. The van der Waals surface area contributed by atoms with Crippen LogP contribution in [0.2, 0.25) is 0 Å². The molecule has 0 radical (unpaired) electrons. The molecule has 2 rings (SSSR count). The van der Waals surface area contributed by atoms with E-state index in [1.165, 1.54) is 0 Å². The van der Waals surface area contributed by atoms with E-state index < -0.39 is 0 Å². The molecule has 0 aromatic heterocycles. The summed E-state index contributed by atoms with van der Waals surface area (Å²) < 4.78 is 5.39. The van der Waals surface area contributed by atoms with Gasteiger partial charge in [-0.1, -0.05) is 24.3 Å². The van der Waals surface area contributed by atoms with Crippen molar-refractivity contribution in [1.29, 1.82) is 0 Å². The average molecular weight is 263 g/mol. The zero-order valence-corrected chi connectivity index (χ0v) is 11.3. The Morgan fingerprint density at radius 1 is 1.37 bits per heavy atom. The summed E-state index contributed by atoms with van der Waals surface area (Å²) in [7, 11) is 0. The lowest BCUT2D eigenvalue weighted by Crippen LogP contribution is -2.28. The molecular weight excluding hydrogens is 242 g/mol. The second kappa shape index (κ2) is 6.68. The number of carbonyl (C=O) groups excluding carboxylic acids is 1. The highest BCUT2D eigenvalue weighted by Crippen LogP contribution is 2.33. The van der Waals surface area contributed by atoms with Crippen molar-refractivity contribution in [3.8, 4) is 0 Å². The molecule has 1 fully saturated rings. The normalized spacial score (nSPS) is 21.2. The Morgan fingerprint density at radius 2 is 2.05 bits per heavy atom. The van der Waals surface area contributed by atoms with Gasteiger partial charge < -0.3 is 15.2 Å². The second-order valence-corrected chi connectivity index (χ2v) is 4.85. The number of hydrogen-bond donors (Lipinski definition) is 2. The van der Waals surface area contributed by atoms with Crippen LogP contribution in [-0.4, -0.2) is 30.3 Å². The van der Waals surface area contributed by atoms with E-state index in [1.54, 1.807) is 0 Å². The van der Waals surface area contributed by atoms with Crippen molar-refractivity contribution in [2.24, 2.45) is 5.92 Å². The molecule has 1 aromatic carbocycles. The first-order valence-electron chi connectivity index (χ1n) is 6.82. The van der Waals surface area contributed by atoms with Crippen molar-refractivity contribution in [3.05, 3.63) is 35.4 Å². The first-order valence-corrected chi connectivity index (χ1v) is 6.82. The summed E-state index contributed by atoms with van der Waals surface area (Å²) in [5.74, 6) is 0.155. The van der Waals surface area contributed by atoms with Gasteiger partial charge in [0.05, 0.1) is 18.6 Å². The van der Waals surface area contributed by atoms with E-state index in [4.69, 9.17) is 9.84 Å². The van der Waals surface area contributed by atoms with Crippen molar-refractivity contribution < 1.29 is 14.6 Å². The lowest BCUT2D eigenvalue weighted by Gasteiger charge is -2.06. The van der Waals surface area contributed by atoms with Crippen LogP contribution in [0.5, 0.6) is 0 Å². The van der Waals surface area contributed by atoms with E-state index in [2.05, 4.69) is 5.32 Å². The van der Waals surface area contributed by atoms with E-state index in [-0.39, 0.29) is 24.5 Å². The van der Waals surface area contributed by atoms with Crippen molar-refractivity contribution >= 4 is 5.91 Å². The van der Waals surface area contributed by atoms with E-state index in [0.29, 0.717) is 13.2 Å². The van der Waals surface area contributed by atoms with Gasteiger partial charge in [-0.3, -0.25) is 4.79 Å². The topological polar surface area (TPSA) is 58.6 Å². The van der Waals surface area contributed by atoms with Crippen LogP contribution in [-0.2, 0) is 22.6 Å². The third-order valence-electron chi connectivity index (χ3n) is 3.37. The monoisotopic (exact) mass is 263 g/mol. The van der Waals surface area contributed by atoms with Crippen LogP contribution in [0.4, 0.5) is 0 Å². The molecule has 2 atom stereocenters. The summed E-state index contributed by atoms with van der Waals surface area (Å²) in [6.07, 6.45) is 1.79. The van der Waals surface area contributed by atoms with Crippen LogP contribution in [0, 0.1) is 5.92 Å². The van der Waals surface area contributed by atoms with Gasteiger partial charge in [-0.05, 0) is 30.9 Å². The fourth-order valence-corrected chi connectivity index (χ4v) is 2.12. The number of amides is 1. The molecule has 19 heavy (non-hydrogen) atoms. The minimum absolute atomic E-state index is 0.0525. The van der Waals surface area contributed by atoms with Crippen molar-refractivity contribution in [2.75, 3.05) is 13.2 Å². The van der Waals surface area contributed by atoms with Gasteiger partial charge in [0.25, 0.3) is 0 Å². The Kier molecular flexibility index (Phi) is 4.93. The third-order valence-corrected chi connectivity index (χ3v) is 3.37. The van der Waals surface area contributed by atoms with Crippen LogP contribution in [0.3, 0.4) is 0 Å². The Balaban J connectivity index is 1.67. The number of nitrogens with one attached hydrogen (secondary N) is 1. The third kappa shape index (κ3) is 4.04. The maximum Gasteiger partial charge on any atom is 0.225 e. The van der Waals surface area contributed by atoms with Gasteiger partial charge in [0, 0.05) is 13.2 Å². The molecule has 1 aliphatic rings. The van der Waals surface area contributed by atoms with Gasteiger partial charge in [-0.2, -0.15) is 0 Å². The average Bonchev–Trinajstić information content (AvgIpc) is 3.19. The standard InChI is InChI=1S/C15H21NO3/c1-2-19-14-9-13(14)15(18)16-8-7-11-3-5-12(10-17)6-4-11/h3-6,13-14,17H,2,7-10H2,1H3,(H,16,18). The van der Waals surface area contributed by atoms with Gasteiger partial charge in [0.2, 0.25) is 5.91 Å². The summed E-state index contributed by atoms with van der Waals surface area (Å²) in [6, 6.07) is 7.78. The maximum absolute atomic E-state index is 11.8. The molecule has 1 amide bonds. The molecule has 4 heteroatoms. The number of benzene rings is 1. The van der Waals surface area contributed by atoms with E-state index in [9.17, 15) is 4.79 Å². The highest BCUT2D eigenvalue weighted by atomic mass is 16.5. The quantitative estimate of drug-likeness (QED) is 0.778. The van der Waals surface area contributed by atoms with Crippen molar-refractivity contribution in [3.63, 3.8) is 0 Å². The van der Waals surface area contributed by atoms with Crippen molar-refractivity contribution in [2.45, 2.75) is 32.5 Å². The molecular formula is C15H21NO3. The second-order valence-electron chi connectivity index (χ2n) is 4.85. The molecule has 1 saturated carbocycles. The Labute approximate surface area is 113 Å². The van der Waals surface area contributed by atoms with Crippen LogP contribution < -0.4 is 5.32 Å². The molecule has 104 valence electrons. The Bertz CT molecular complexity index is 416. The van der Waals surface area contributed by atoms with Crippen LogP contribution >= 0.6 is 0 Å². The Morgan fingerprint density at radius 3 is 2.68 bits per heavy atom. The van der Waals surface area contributed by atoms with Gasteiger partial charge in [-0.25, -0.2) is 0 Å². The van der Waals surface area contributed by atoms with E-state index in [0.717, 1.165) is 24.0 Å². The van der Waals surface area contributed by atoms with Crippen LogP contribution in [0.1, 0.15) is 24.5 Å². The number of rotatable bonds is 7. The molecule has 1 aromatic rings. The summed E-state index contributed by atoms with van der Waals surface area (Å²) in [4.78, 5) is 11.8. The van der Waals surface area contributed by atoms with Crippen molar-refractivity contribution in [1.82, 2.24) is 5.32 Å². The number of hydrogen-bond acceptors (Lipinski definition) is 3. The largest absolute Gasteiger partial charge is 0.392 e. The lowest BCUT2D eigenvalue weighted by molar-refractivity contribution is -0.123. The smallest absolute Gasteiger partial charge is 0.225 e. The molecule has 0 bridgehead atoms. The number of ether oxygens (including phenoxy) is 1. The van der Waals surface area contributed by atoms with Crippen LogP contribution in [0.25, 0.3) is 0 Å². The molecule has 0 aliphatic heterocycles. The number of aliphatic hydroxyl groups excluding tert-OH is 1. The number of aliphatic hydroxyl groups is 1. The Hall–Kier alpha value is -1.39. The molecule has 2 unspecified atom stereocenters. The highest BCUT2D eigenvalue weighted by molar-refractivity contribution is 5.82. The molecule has 4 nitrogen and oxygen atoms in total. The molecule has 2 N–H and O–H groups in total. The predicted octanol–water partition coefficient (Wildman–Crippen LogP) is 1.26. The van der Waals surface area contributed by atoms with Gasteiger partial charge >= 0.3 is 0 Å². The molecule has 1 aliphatic carbocycles. The van der Waals surface area contributed by atoms with Gasteiger partial charge in [0.15, 0.2) is 0 Å². The number of carbonyl (C=O) groups is 1. The van der Waals surface area contributed by atoms with Crippen LogP contribution in [0.15, 0.2) is 24.3 Å². The van der Waals surface area contributed by atoms with E-state index >= 15 is 0 Å². The fourth-order valence-electron chi connectivity index (χ4n) is 2.12. The summed E-state index contributed by atoms with van der Waals surface area (Å²) >= 11 is 0. The highest BCUT2D eigenvalue weighted by Gasteiger charge is 2.43. The fraction of sp³-hybridized carbons (Fsp3) is 0.533. The van der Waals surface area contributed by atoms with Gasteiger partial charge in [-0.15, -0.1) is 0 Å². The first kappa shape index (κ1) is 14.0. The summed E-state index contributed by atoms with van der Waals surface area (Å²) in [6.45, 7) is 3.33. The van der Waals surface area contributed by atoms with E-state index in [1.807, 2.05) is 31.2 Å². The minimum atomic E-state index is 0.0525. The molecule has 0 saturated heterocycles. The van der Waals surface area contributed by atoms with Gasteiger partial charge in [0.1, 0.15) is 0 Å². The first-order chi connectivity index (χ1) is 9.24. The molecule has 0 heterocycles. The predicted molar refractivity (Wildman–Crippen MR) is 72.6 cm³/mol. The zero-order chi connectivity index (χ0) is 13.7. The molecule has 0 spiro atoms. The maximum atomic E-state index is 11.8. The zero-order valence-electron chi connectivity index (χ0n) is 11.3. The minimum Gasteiger partial charge on any atom is -0.392 e. The SMILES string of the molecule is CCOC1CC1C(=O)NCCc1ccc(CO)cc1.